The zero-order valence-electron chi connectivity index (χ0n) is 9.91. The van der Waals surface area contributed by atoms with Crippen LogP contribution < -0.4 is 4.74 Å². The topological polar surface area (TPSA) is 26.3 Å². The highest BCUT2D eigenvalue weighted by atomic mass is 35.5. The zero-order chi connectivity index (χ0) is 14.0. The van der Waals surface area contributed by atoms with Crippen molar-refractivity contribution in [1.82, 2.24) is 0 Å². The molecule has 98 valence electrons. The molecule has 0 aliphatic heterocycles. The summed E-state index contributed by atoms with van der Waals surface area (Å²) in [5.74, 6) is -1.62. The smallest absolute Gasteiger partial charge is 0.194 e. The van der Waals surface area contributed by atoms with Gasteiger partial charge in [0.1, 0.15) is 5.82 Å². The van der Waals surface area contributed by atoms with Gasteiger partial charge in [0.15, 0.2) is 17.3 Å². The Morgan fingerprint density at radius 3 is 2.47 bits per heavy atom. The molecule has 0 aliphatic carbocycles. The van der Waals surface area contributed by atoms with E-state index >= 15 is 0 Å². The summed E-state index contributed by atoms with van der Waals surface area (Å²) in [5, 5.41) is -0.0128. The molecule has 2 rings (SSSR count). The number of carbonyl (C=O) groups excluding carboxylic acids is 1. The van der Waals surface area contributed by atoms with E-state index in [-0.39, 0.29) is 21.9 Å². The van der Waals surface area contributed by atoms with Gasteiger partial charge < -0.3 is 4.74 Å². The molecule has 2 aromatic rings. The first-order chi connectivity index (χ1) is 9.02. The predicted octanol–water partition coefficient (Wildman–Crippen LogP) is 3.86. The van der Waals surface area contributed by atoms with Crippen LogP contribution in [-0.4, -0.2) is 12.9 Å². The summed E-state index contributed by atoms with van der Waals surface area (Å²) < 4.78 is 31.2. The maximum Gasteiger partial charge on any atom is 0.194 e. The van der Waals surface area contributed by atoms with Crippen LogP contribution in [0.25, 0.3) is 0 Å². The third-order valence-corrected chi connectivity index (χ3v) is 2.90. The van der Waals surface area contributed by atoms with Gasteiger partial charge in [-0.05, 0) is 36.4 Å². The molecule has 0 spiro atoms. The molecule has 2 nitrogen and oxygen atoms in total. The van der Waals surface area contributed by atoms with E-state index in [2.05, 4.69) is 0 Å². The highest BCUT2D eigenvalue weighted by Gasteiger charge is 2.15. The molecule has 0 atom stereocenters. The fourth-order valence-electron chi connectivity index (χ4n) is 1.64. The van der Waals surface area contributed by atoms with E-state index in [1.807, 2.05) is 0 Å². The van der Waals surface area contributed by atoms with Crippen LogP contribution in [0.1, 0.15) is 15.9 Å². The van der Waals surface area contributed by atoms with Gasteiger partial charge in [-0.3, -0.25) is 4.79 Å². The van der Waals surface area contributed by atoms with Gasteiger partial charge in [-0.25, -0.2) is 8.78 Å². The van der Waals surface area contributed by atoms with Crippen molar-refractivity contribution in [2.24, 2.45) is 0 Å². The maximum atomic E-state index is 13.5. The molecule has 5 heteroatoms. The largest absolute Gasteiger partial charge is 0.494 e. The van der Waals surface area contributed by atoms with E-state index in [4.69, 9.17) is 16.3 Å². The van der Waals surface area contributed by atoms with Crippen molar-refractivity contribution < 1.29 is 18.3 Å². The molecule has 0 amide bonds. The quantitative estimate of drug-likeness (QED) is 0.799. The van der Waals surface area contributed by atoms with Gasteiger partial charge >= 0.3 is 0 Å². The van der Waals surface area contributed by atoms with Crippen molar-refractivity contribution in [2.75, 3.05) is 7.11 Å². The first-order valence-electron chi connectivity index (χ1n) is 5.36. The lowest BCUT2D eigenvalue weighted by atomic mass is 10.0. The molecule has 0 aromatic heterocycles. The second-order valence-electron chi connectivity index (χ2n) is 3.80. The van der Waals surface area contributed by atoms with Gasteiger partial charge in [-0.15, -0.1) is 0 Å². The highest BCUT2D eigenvalue weighted by molar-refractivity contribution is 6.35. The predicted molar refractivity (Wildman–Crippen MR) is 67.8 cm³/mol. The molecule has 19 heavy (non-hydrogen) atoms. The van der Waals surface area contributed by atoms with E-state index < -0.39 is 17.4 Å². The minimum atomic E-state index is -0.647. The van der Waals surface area contributed by atoms with Gasteiger partial charge in [0.2, 0.25) is 0 Å². The number of hydrogen-bond donors (Lipinski definition) is 0. The van der Waals surface area contributed by atoms with Crippen LogP contribution >= 0.6 is 11.6 Å². The summed E-state index contributed by atoms with van der Waals surface area (Å²) in [5.41, 5.74) is 0.236. The second kappa shape index (κ2) is 5.36. The van der Waals surface area contributed by atoms with Crippen molar-refractivity contribution >= 4 is 17.4 Å². The number of ether oxygens (including phenoxy) is 1. The molecule has 0 unspecified atom stereocenters. The molecule has 0 saturated carbocycles. The Balaban J connectivity index is 2.41. The standard InChI is InChI=1S/C14H9ClF2O2/c1-19-13-5-2-8(6-12(13)17)14(18)10-4-3-9(16)7-11(10)15/h2-7H,1H3. The molecule has 0 bridgehead atoms. The van der Waals surface area contributed by atoms with Crippen LogP contribution in [0.3, 0.4) is 0 Å². The summed E-state index contributed by atoms with van der Waals surface area (Å²) in [7, 11) is 1.33. The summed E-state index contributed by atoms with van der Waals surface area (Å²) in [6, 6.07) is 7.25. The Morgan fingerprint density at radius 2 is 1.89 bits per heavy atom. The number of hydrogen-bond acceptors (Lipinski definition) is 2. The monoisotopic (exact) mass is 282 g/mol. The van der Waals surface area contributed by atoms with Crippen LogP contribution in [0.15, 0.2) is 36.4 Å². The van der Waals surface area contributed by atoms with Crippen LogP contribution in [-0.2, 0) is 0 Å². The summed E-state index contributed by atoms with van der Waals surface area (Å²) >= 11 is 5.79. The third kappa shape index (κ3) is 2.74. The molecule has 2 aromatic carbocycles. The Bertz CT molecular complexity index is 641. The average molecular weight is 283 g/mol. The van der Waals surface area contributed by atoms with Crippen LogP contribution in [0, 0.1) is 11.6 Å². The van der Waals surface area contributed by atoms with Crippen LogP contribution in [0.4, 0.5) is 8.78 Å². The van der Waals surface area contributed by atoms with E-state index in [1.54, 1.807) is 0 Å². The molecule has 0 fully saturated rings. The maximum absolute atomic E-state index is 13.5. The van der Waals surface area contributed by atoms with E-state index in [1.165, 1.54) is 25.3 Å². The molecule has 0 N–H and O–H groups in total. The Labute approximate surface area is 113 Å². The van der Waals surface area contributed by atoms with Crippen molar-refractivity contribution in [3.05, 3.63) is 64.2 Å². The van der Waals surface area contributed by atoms with Crippen molar-refractivity contribution in [3.63, 3.8) is 0 Å². The lowest BCUT2D eigenvalue weighted by molar-refractivity contribution is 0.103. The molecular weight excluding hydrogens is 274 g/mol. The molecule has 0 radical (unpaired) electrons. The van der Waals surface area contributed by atoms with Gasteiger partial charge in [0.25, 0.3) is 0 Å². The fraction of sp³-hybridized carbons (Fsp3) is 0.0714. The summed E-state index contributed by atoms with van der Waals surface area (Å²) in [4.78, 5) is 12.1. The Kier molecular flexibility index (Phi) is 3.81. The van der Waals surface area contributed by atoms with Gasteiger partial charge in [-0.1, -0.05) is 11.6 Å². The normalized spacial score (nSPS) is 10.3. The number of ketones is 1. The van der Waals surface area contributed by atoms with Gasteiger partial charge in [0.05, 0.1) is 12.1 Å². The number of rotatable bonds is 3. The van der Waals surface area contributed by atoms with E-state index in [0.29, 0.717) is 0 Å². The number of benzene rings is 2. The van der Waals surface area contributed by atoms with Crippen LogP contribution in [0.5, 0.6) is 5.75 Å². The first-order valence-corrected chi connectivity index (χ1v) is 5.74. The number of methoxy groups -OCH3 is 1. The van der Waals surface area contributed by atoms with Crippen molar-refractivity contribution in [2.45, 2.75) is 0 Å². The average Bonchev–Trinajstić information content (AvgIpc) is 2.38. The molecular formula is C14H9ClF2O2. The lowest BCUT2D eigenvalue weighted by Gasteiger charge is -2.06. The minimum Gasteiger partial charge on any atom is -0.494 e. The summed E-state index contributed by atoms with van der Waals surface area (Å²) in [6.45, 7) is 0. The highest BCUT2D eigenvalue weighted by Crippen LogP contribution is 2.23. The van der Waals surface area contributed by atoms with Gasteiger partial charge in [-0.2, -0.15) is 0 Å². The zero-order valence-corrected chi connectivity index (χ0v) is 10.7. The Hall–Kier alpha value is -1.94. The lowest BCUT2D eigenvalue weighted by Crippen LogP contribution is -2.03. The van der Waals surface area contributed by atoms with E-state index in [9.17, 15) is 13.6 Å². The summed E-state index contributed by atoms with van der Waals surface area (Å²) in [6.07, 6.45) is 0. The number of carbonyl (C=O) groups is 1. The first kappa shape index (κ1) is 13.5. The molecule has 0 saturated heterocycles. The molecule has 0 heterocycles. The molecule has 0 aliphatic rings. The van der Waals surface area contributed by atoms with E-state index in [0.717, 1.165) is 18.2 Å². The van der Waals surface area contributed by atoms with Crippen molar-refractivity contribution in [3.8, 4) is 5.75 Å². The second-order valence-corrected chi connectivity index (χ2v) is 4.21. The third-order valence-electron chi connectivity index (χ3n) is 2.59. The van der Waals surface area contributed by atoms with Crippen molar-refractivity contribution in [1.29, 1.82) is 0 Å². The Morgan fingerprint density at radius 1 is 1.16 bits per heavy atom. The SMILES string of the molecule is COc1ccc(C(=O)c2ccc(F)cc2Cl)cc1F. The minimum absolute atomic E-state index is 0.0128. The van der Waals surface area contributed by atoms with Crippen LogP contribution in [0.2, 0.25) is 5.02 Å². The fourth-order valence-corrected chi connectivity index (χ4v) is 1.89. The van der Waals surface area contributed by atoms with Gasteiger partial charge in [0, 0.05) is 11.1 Å². The number of halogens is 3.